The van der Waals surface area contributed by atoms with Gasteiger partial charge in [-0.3, -0.25) is 0 Å². The van der Waals surface area contributed by atoms with Crippen LogP contribution in [0.25, 0.3) is 0 Å². The van der Waals surface area contributed by atoms with E-state index >= 15 is 0 Å². The predicted molar refractivity (Wildman–Crippen MR) is 48.6 cm³/mol. The summed E-state index contributed by atoms with van der Waals surface area (Å²) in [5.74, 6) is 0.0993. The van der Waals surface area contributed by atoms with Crippen LogP contribution in [0.4, 0.5) is 0 Å². The lowest BCUT2D eigenvalue weighted by atomic mass is 10.1. The fourth-order valence-electron chi connectivity index (χ4n) is 0.847. The maximum atomic E-state index is 10.7. The molecule has 0 saturated heterocycles. The van der Waals surface area contributed by atoms with Crippen LogP contribution in [0.15, 0.2) is 12.2 Å². The molecule has 3 nitrogen and oxygen atoms in total. The smallest absolute Gasteiger partial charge is 0.330 e. The van der Waals surface area contributed by atoms with Crippen LogP contribution >= 0.6 is 0 Å². The number of allylic oxidation sites excluding steroid dienone is 1. The zero-order valence-corrected chi connectivity index (χ0v) is 7.75. The van der Waals surface area contributed by atoms with E-state index < -0.39 is 0 Å². The fraction of sp³-hybridized carbons (Fsp3) is 0.667. The molecule has 0 rings (SSSR count). The van der Waals surface area contributed by atoms with E-state index in [4.69, 9.17) is 5.73 Å². The highest BCUT2D eigenvalue weighted by Gasteiger charge is 1.97. The summed E-state index contributed by atoms with van der Waals surface area (Å²) in [6, 6.07) is 0. The molecule has 12 heavy (non-hydrogen) atoms. The predicted octanol–water partition coefficient (Wildman–Crippen LogP) is 1.09. The third-order valence-corrected chi connectivity index (χ3v) is 1.63. The summed E-state index contributed by atoms with van der Waals surface area (Å²) in [5, 5.41) is 0. The lowest BCUT2D eigenvalue weighted by Gasteiger charge is -2.02. The quantitative estimate of drug-likeness (QED) is 0.497. The zero-order valence-electron chi connectivity index (χ0n) is 7.75. The molecular formula is C9H17NO2. The van der Waals surface area contributed by atoms with Gasteiger partial charge in [0.25, 0.3) is 0 Å². The molecule has 0 aromatic carbocycles. The third kappa shape index (κ3) is 5.92. The summed E-state index contributed by atoms with van der Waals surface area (Å²) in [7, 11) is 1.37. The van der Waals surface area contributed by atoms with Crippen molar-refractivity contribution in [2.45, 2.75) is 19.8 Å². The van der Waals surface area contributed by atoms with Crippen molar-refractivity contribution < 1.29 is 9.53 Å². The van der Waals surface area contributed by atoms with Crippen LogP contribution in [-0.2, 0) is 9.53 Å². The van der Waals surface area contributed by atoms with E-state index in [1.54, 1.807) is 0 Å². The molecule has 0 saturated carbocycles. The summed E-state index contributed by atoms with van der Waals surface area (Å²) in [5.41, 5.74) is 5.34. The highest BCUT2D eigenvalue weighted by Crippen LogP contribution is 2.05. The average molecular weight is 171 g/mol. The summed E-state index contributed by atoms with van der Waals surface area (Å²) >= 11 is 0. The van der Waals surface area contributed by atoms with Crippen molar-refractivity contribution in [2.75, 3.05) is 13.7 Å². The van der Waals surface area contributed by atoms with Gasteiger partial charge in [-0.25, -0.2) is 4.79 Å². The number of rotatable bonds is 5. The van der Waals surface area contributed by atoms with Gasteiger partial charge in [0.1, 0.15) is 0 Å². The molecule has 0 bridgehead atoms. The van der Waals surface area contributed by atoms with Crippen molar-refractivity contribution in [2.24, 2.45) is 11.7 Å². The van der Waals surface area contributed by atoms with Crippen LogP contribution in [0, 0.1) is 5.92 Å². The van der Waals surface area contributed by atoms with Gasteiger partial charge in [0.15, 0.2) is 0 Å². The molecule has 0 aromatic rings. The Hall–Kier alpha value is -0.830. The van der Waals surface area contributed by atoms with Crippen LogP contribution in [0.2, 0.25) is 0 Å². The maximum absolute atomic E-state index is 10.7. The van der Waals surface area contributed by atoms with E-state index in [9.17, 15) is 4.79 Å². The second kappa shape index (κ2) is 6.85. The Bertz CT molecular complexity index is 155. The molecule has 3 heteroatoms. The maximum Gasteiger partial charge on any atom is 0.330 e. The number of esters is 1. The van der Waals surface area contributed by atoms with Gasteiger partial charge < -0.3 is 10.5 Å². The number of hydrogen-bond donors (Lipinski definition) is 1. The highest BCUT2D eigenvalue weighted by atomic mass is 16.5. The lowest BCUT2D eigenvalue weighted by molar-refractivity contribution is -0.134. The minimum atomic E-state index is -0.297. The molecule has 0 radical (unpaired) electrons. The number of nitrogens with two attached hydrogens (primary N) is 1. The topological polar surface area (TPSA) is 52.3 Å². The lowest BCUT2D eigenvalue weighted by Crippen LogP contribution is -2.02. The number of ether oxygens (including phenoxy) is 1. The van der Waals surface area contributed by atoms with Gasteiger partial charge in [-0.1, -0.05) is 13.0 Å². The van der Waals surface area contributed by atoms with Crippen molar-refractivity contribution >= 4 is 5.97 Å². The molecule has 0 aliphatic carbocycles. The van der Waals surface area contributed by atoms with Crippen molar-refractivity contribution in [1.82, 2.24) is 0 Å². The van der Waals surface area contributed by atoms with Crippen molar-refractivity contribution in [3.05, 3.63) is 12.2 Å². The minimum Gasteiger partial charge on any atom is -0.466 e. The monoisotopic (exact) mass is 171 g/mol. The fourth-order valence-corrected chi connectivity index (χ4v) is 0.847. The Labute approximate surface area is 73.6 Å². The second-order valence-corrected chi connectivity index (χ2v) is 2.79. The Kier molecular flexibility index (Phi) is 6.38. The molecule has 70 valence electrons. The molecule has 0 aromatic heterocycles. The second-order valence-electron chi connectivity index (χ2n) is 2.79. The molecule has 0 aliphatic heterocycles. The highest BCUT2D eigenvalue weighted by molar-refractivity contribution is 5.81. The van der Waals surface area contributed by atoms with Crippen molar-refractivity contribution in [3.63, 3.8) is 0 Å². The standard InChI is InChI=1S/C9H17NO2/c1-8(4-3-7-10)5-6-9(11)12-2/h5-6,8H,3-4,7,10H2,1-2H3/b6-5+. The van der Waals surface area contributed by atoms with Gasteiger partial charge in [0, 0.05) is 6.08 Å². The summed E-state index contributed by atoms with van der Waals surface area (Å²) in [6.45, 7) is 2.76. The van der Waals surface area contributed by atoms with Crippen LogP contribution in [0.1, 0.15) is 19.8 Å². The van der Waals surface area contributed by atoms with Gasteiger partial charge in [-0.2, -0.15) is 0 Å². The number of carbonyl (C=O) groups is 1. The van der Waals surface area contributed by atoms with Gasteiger partial charge >= 0.3 is 5.97 Å². The molecule has 0 fully saturated rings. The molecule has 0 spiro atoms. The van der Waals surface area contributed by atoms with Crippen LogP contribution in [-0.4, -0.2) is 19.6 Å². The molecular weight excluding hydrogens is 154 g/mol. The van der Waals surface area contributed by atoms with Crippen molar-refractivity contribution in [3.8, 4) is 0 Å². The molecule has 0 amide bonds. The molecule has 1 unspecified atom stereocenters. The van der Waals surface area contributed by atoms with E-state index in [1.165, 1.54) is 13.2 Å². The first-order valence-corrected chi connectivity index (χ1v) is 4.17. The minimum absolute atomic E-state index is 0.297. The Morgan fingerprint density at radius 2 is 2.33 bits per heavy atom. The van der Waals surface area contributed by atoms with E-state index in [0.717, 1.165) is 12.8 Å². The Morgan fingerprint density at radius 3 is 2.83 bits per heavy atom. The van der Waals surface area contributed by atoms with E-state index in [2.05, 4.69) is 11.7 Å². The third-order valence-electron chi connectivity index (χ3n) is 1.63. The van der Waals surface area contributed by atoms with Crippen LogP contribution in [0.5, 0.6) is 0 Å². The molecule has 0 aliphatic rings. The number of hydrogen-bond acceptors (Lipinski definition) is 3. The first-order valence-electron chi connectivity index (χ1n) is 4.17. The summed E-state index contributed by atoms with van der Waals surface area (Å²) in [6.07, 6.45) is 5.32. The molecule has 2 N–H and O–H groups in total. The van der Waals surface area contributed by atoms with E-state index in [1.807, 2.05) is 6.08 Å². The Balaban J connectivity index is 3.59. The largest absolute Gasteiger partial charge is 0.466 e. The molecule has 1 atom stereocenters. The summed E-state index contributed by atoms with van der Waals surface area (Å²) in [4.78, 5) is 10.7. The van der Waals surface area contributed by atoms with E-state index in [-0.39, 0.29) is 5.97 Å². The normalized spacial score (nSPS) is 13.2. The van der Waals surface area contributed by atoms with Gasteiger partial charge in [-0.05, 0) is 25.3 Å². The average Bonchev–Trinajstić information content (AvgIpc) is 2.10. The van der Waals surface area contributed by atoms with Crippen LogP contribution < -0.4 is 5.73 Å². The molecule has 0 heterocycles. The Morgan fingerprint density at radius 1 is 1.67 bits per heavy atom. The van der Waals surface area contributed by atoms with E-state index in [0.29, 0.717) is 12.5 Å². The first-order chi connectivity index (χ1) is 5.70. The van der Waals surface area contributed by atoms with Gasteiger partial charge in [0.2, 0.25) is 0 Å². The summed E-state index contributed by atoms with van der Waals surface area (Å²) < 4.78 is 4.45. The SMILES string of the molecule is COC(=O)/C=C/C(C)CCCN. The number of methoxy groups -OCH3 is 1. The van der Waals surface area contributed by atoms with Gasteiger partial charge in [-0.15, -0.1) is 0 Å². The first kappa shape index (κ1) is 11.2. The zero-order chi connectivity index (χ0) is 9.40. The number of carbonyl (C=O) groups excluding carboxylic acids is 1. The van der Waals surface area contributed by atoms with Gasteiger partial charge in [0.05, 0.1) is 7.11 Å². The van der Waals surface area contributed by atoms with Crippen LogP contribution in [0.3, 0.4) is 0 Å². The van der Waals surface area contributed by atoms with Crippen molar-refractivity contribution in [1.29, 1.82) is 0 Å².